The van der Waals surface area contributed by atoms with Crippen molar-refractivity contribution < 1.29 is 8.76 Å². The van der Waals surface area contributed by atoms with Crippen LogP contribution in [0.1, 0.15) is 0 Å². The minimum Gasteiger partial charge on any atom is -0.760 e. The van der Waals surface area contributed by atoms with Crippen molar-refractivity contribution in [3.05, 3.63) is 0 Å². The fourth-order valence-electron chi connectivity index (χ4n) is 0.122. The third kappa shape index (κ3) is 6.55. The first kappa shape index (κ1) is 7.55. The largest absolute Gasteiger partial charge is 0.760 e. The van der Waals surface area contributed by atoms with Crippen LogP contribution in [-0.2, 0) is 11.3 Å². The zero-order chi connectivity index (χ0) is 5.70. The Morgan fingerprint density at radius 2 is 2.43 bits per heavy atom. The van der Waals surface area contributed by atoms with Crippen LogP contribution in [0.3, 0.4) is 0 Å². The summed E-state index contributed by atoms with van der Waals surface area (Å²) >= 11 is 0.947. The van der Waals surface area contributed by atoms with Gasteiger partial charge in [-0.2, -0.15) is 0 Å². The van der Waals surface area contributed by atoms with Crippen molar-refractivity contribution in [2.24, 2.45) is 0 Å². The van der Waals surface area contributed by atoms with Gasteiger partial charge in [0.1, 0.15) is 0 Å². The van der Waals surface area contributed by atoms with Crippen molar-refractivity contribution in [1.82, 2.24) is 4.72 Å². The van der Waals surface area contributed by atoms with E-state index in [9.17, 15) is 8.76 Å². The summed E-state index contributed by atoms with van der Waals surface area (Å²) in [6.07, 6.45) is 0. The highest BCUT2D eigenvalue weighted by molar-refractivity contribution is 9.09. The van der Waals surface area contributed by atoms with Gasteiger partial charge in [-0.05, 0) is 0 Å². The first-order valence-electron chi connectivity index (χ1n) is 1.66. The molecule has 0 aliphatic carbocycles. The Bertz CT molecular complexity index is 68.7. The van der Waals surface area contributed by atoms with Crippen molar-refractivity contribution in [2.45, 2.75) is 0 Å². The summed E-state index contributed by atoms with van der Waals surface area (Å²) < 4.78 is 21.4. The zero-order valence-electron chi connectivity index (χ0n) is 3.52. The molecule has 0 radical (unpaired) electrons. The molecule has 44 valence electrons. The van der Waals surface area contributed by atoms with Gasteiger partial charge < -0.3 is 4.55 Å². The van der Waals surface area contributed by atoms with Gasteiger partial charge in [-0.3, -0.25) is 4.21 Å². The molecule has 0 saturated heterocycles. The smallest absolute Gasteiger partial charge is 0.0181 e. The van der Waals surface area contributed by atoms with E-state index < -0.39 is 11.3 Å². The molecule has 0 aromatic heterocycles. The van der Waals surface area contributed by atoms with Crippen LogP contribution in [0.15, 0.2) is 0 Å². The van der Waals surface area contributed by atoms with Crippen molar-refractivity contribution in [1.29, 1.82) is 0 Å². The summed E-state index contributed by atoms with van der Waals surface area (Å²) in [6.45, 7) is 0.454. The number of hydrogen-bond acceptors (Lipinski definition) is 2. The lowest BCUT2D eigenvalue weighted by atomic mass is 10.8. The van der Waals surface area contributed by atoms with E-state index in [0.717, 1.165) is 0 Å². The molecule has 0 aromatic rings. The molecule has 0 spiro atoms. The Morgan fingerprint density at radius 1 is 1.86 bits per heavy atom. The fourth-order valence-corrected chi connectivity index (χ4v) is 0.851. The molecule has 0 aliphatic heterocycles. The topological polar surface area (TPSA) is 52.2 Å². The molecule has 0 aliphatic rings. The quantitative estimate of drug-likeness (QED) is 0.489. The minimum absolute atomic E-state index is 0.454. The van der Waals surface area contributed by atoms with E-state index in [4.69, 9.17) is 0 Å². The van der Waals surface area contributed by atoms with Gasteiger partial charge in [-0.15, -0.1) is 0 Å². The van der Waals surface area contributed by atoms with Gasteiger partial charge in [0.25, 0.3) is 0 Å². The second-order valence-electron chi connectivity index (χ2n) is 0.818. The second kappa shape index (κ2) is 4.70. The molecule has 0 amide bonds. The molecule has 5 heteroatoms. The molecular formula is C2H5BrNO2S-. The van der Waals surface area contributed by atoms with E-state index >= 15 is 0 Å². The Kier molecular flexibility index (Phi) is 5.07. The van der Waals surface area contributed by atoms with Gasteiger partial charge in [0.15, 0.2) is 0 Å². The van der Waals surface area contributed by atoms with Crippen molar-refractivity contribution in [3.8, 4) is 0 Å². The van der Waals surface area contributed by atoms with Gasteiger partial charge >= 0.3 is 0 Å². The molecule has 1 atom stereocenters. The standard InChI is InChI=1S/C2H6BrNO2S/c3-1-2-4-7(5)6/h4H,1-2H2,(H,5,6)/p-1. The highest BCUT2D eigenvalue weighted by Gasteiger charge is 1.76. The van der Waals surface area contributed by atoms with Gasteiger partial charge in [-0.1, -0.05) is 15.9 Å². The Hall–Kier alpha value is 0.550. The fraction of sp³-hybridized carbons (Fsp3) is 1.00. The van der Waals surface area contributed by atoms with Crippen molar-refractivity contribution in [2.75, 3.05) is 11.9 Å². The Balaban J connectivity index is 2.82. The first-order chi connectivity index (χ1) is 3.27. The number of nitrogens with one attached hydrogen (secondary N) is 1. The van der Waals surface area contributed by atoms with Crippen LogP contribution in [-0.4, -0.2) is 20.6 Å². The van der Waals surface area contributed by atoms with Crippen LogP contribution >= 0.6 is 15.9 Å². The molecule has 0 rings (SSSR count). The maximum atomic E-state index is 9.63. The van der Waals surface area contributed by atoms with E-state index in [-0.39, 0.29) is 0 Å². The molecule has 0 aromatic carbocycles. The SMILES string of the molecule is O=S([O-])NCCBr. The van der Waals surface area contributed by atoms with Crippen LogP contribution in [0.2, 0.25) is 0 Å². The summed E-state index contributed by atoms with van der Waals surface area (Å²) in [5, 5.41) is 0.654. The number of alkyl halides is 1. The lowest BCUT2D eigenvalue weighted by molar-refractivity contribution is 0.525. The number of halogens is 1. The molecule has 0 bridgehead atoms. The van der Waals surface area contributed by atoms with E-state index in [2.05, 4.69) is 20.7 Å². The average molecular weight is 187 g/mol. The van der Waals surface area contributed by atoms with E-state index in [1.54, 1.807) is 0 Å². The maximum Gasteiger partial charge on any atom is 0.0181 e. The highest BCUT2D eigenvalue weighted by Crippen LogP contribution is 1.73. The summed E-state index contributed by atoms with van der Waals surface area (Å²) in [5.41, 5.74) is 0. The molecule has 0 fully saturated rings. The summed E-state index contributed by atoms with van der Waals surface area (Å²) in [7, 11) is 0. The van der Waals surface area contributed by atoms with Gasteiger partial charge in [0.2, 0.25) is 0 Å². The minimum atomic E-state index is -2.10. The molecule has 1 N–H and O–H groups in total. The summed E-state index contributed by atoms with van der Waals surface area (Å²) in [6, 6.07) is 0. The molecule has 3 nitrogen and oxygen atoms in total. The summed E-state index contributed by atoms with van der Waals surface area (Å²) in [4.78, 5) is 0. The van der Waals surface area contributed by atoms with Gasteiger partial charge in [0.05, 0.1) is 0 Å². The third-order valence-electron chi connectivity index (χ3n) is 0.314. The molecule has 1 unspecified atom stereocenters. The van der Waals surface area contributed by atoms with Gasteiger partial charge in [0, 0.05) is 23.1 Å². The lowest BCUT2D eigenvalue weighted by Gasteiger charge is -2.02. The second-order valence-corrected chi connectivity index (χ2v) is 2.37. The molecule has 0 saturated carbocycles. The molecule has 0 heterocycles. The van der Waals surface area contributed by atoms with Crippen LogP contribution in [0.25, 0.3) is 0 Å². The summed E-state index contributed by atoms with van der Waals surface area (Å²) in [5.74, 6) is 0. The average Bonchev–Trinajstić information content (AvgIpc) is 1.61. The van der Waals surface area contributed by atoms with E-state index in [1.807, 2.05) is 0 Å². The van der Waals surface area contributed by atoms with E-state index in [1.165, 1.54) is 0 Å². The first-order valence-corrected chi connectivity index (χ1v) is 3.85. The number of hydrogen-bond donors (Lipinski definition) is 1. The number of rotatable bonds is 3. The maximum absolute atomic E-state index is 9.63. The van der Waals surface area contributed by atoms with Gasteiger partial charge in [-0.25, -0.2) is 4.72 Å². The predicted octanol–water partition coefficient (Wildman–Crippen LogP) is -0.235. The Morgan fingerprint density at radius 3 is 2.57 bits per heavy atom. The van der Waals surface area contributed by atoms with Crippen molar-refractivity contribution >= 4 is 27.2 Å². The lowest BCUT2D eigenvalue weighted by Crippen LogP contribution is -2.18. The third-order valence-corrected chi connectivity index (χ3v) is 1.15. The van der Waals surface area contributed by atoms with E-state index in [0.29, 0.717) is 11.9 Å². The monoisotopic (exact) mass is 186 g/mol. The van der Waals surface area contributed by atoms with Crippen LogP contribution in [0.5, 0.6) is 0 Å². The molecular weight excluding hydrogens is 182 g/mol. The normalized spacial score (nSPS) is 14.0. The Labute approximate surface area is 53.0 Å². The predicted molar refractivity (Wildman–Crippen MR) is 30.7 cm³/mol. The van der Waals surface area contributed by atoms with Crippen molar-refractivity contribution in [3.63, 3.8) is 0 Å². The van der Waals surface area contributed by atoms with Crippen LogP contribution < -0.4 is 4.72 Å². The van der Waals surface area contributed by atoms with Crippen LogP contribution in [0, 0.1) is 0 Å². The molecule has 7 heavy (non-hydrogen) atoms. The zero-order valence-corrected chi connectivity index (χ0v) is 5.92. The highest BCUT2D eigenvalue weighted by atomic mass is 79.9. The van der Waals surface area contributed by atoms with Crippen LogP contribution in [0.4, 0.5) is 0 Å².